The van der Waals surface area contributed by atoms with Gasteiger partial charge in [0, 0.05) is 19.6 Å². The van der Waals surface area contributed by atoms with Crippen LogP contribution < -0.4 is 4.74 Å². The van der Waals surface area contributed by atoms with Gasteiger partial charge in [0.15, 0.2) is 6.10 Å². The summed E-state index contributed by atoms with van der Waals surface area (Å²) in [6.45, 7) is 7.77. The molecule has 1 aliphatic heterocycles. The summed E-state index contributed by atoms with van der Waals surface area (Å²) in [7, 11) is 1.73. The van der Waals surface area contributed by atoms with E-state index in [4.69, 9.17) is 14.6 Å². The summed E-state index contributed by atoms with van der Waals surface area (Å²) in [6.07, 6.45) is -0.800. The van der Waals surface area contributed by atoms with E-state index < -0.39 is 12.1 Å². The molecule has 1 saturated heterocycles. The number of morpholine rings is 1. The van der Waals surface area contributed by atoms with Crippen molar-refractivity contribution < 1.29 is 24.2 Å². The van der Waals surface area contributed by atoms with Crippen LogP contribution in [0.3, 0.4) is 0 Å². The standard InChI is InChI=1S/C20H30N2O5/c1-14(2)16-6-5-7-17(10-16)27-15(3)20(25)22-8-9-26-18(12-22)11-21(4)13-19(23)24/h5-7,10,14-15,18H,8-9,11-13H2,1-4H3,(H,23,24). The minimum atomic E-state index is -0.883. The summed E-state index contributed by atoms with van der Waals surface area (Å²) < 4.78 is 11.6. The molecule has 1 aromatic rings. The van der Waals surface area contributed by atoms with Gasteiger partial charge in [-0.05, 0) is 37.6 Å². The highest BCUT2D eigenvalue weighted by atomic mass is 16.5. The van der Waals surface area contributed by atoms with Crippen molar-refractivity contribution in [3.8, 4) is 5.75 Å². The first-order chi connectivity index (χ1) is 12.8. The largest absolute Gasteiger partial charge is 0.481 e. The third-order valence-electron chi connectivity index (χ3n) is 4.56. The van der Waals surface area contributed by atoms with Gasteiger partial charge < -0.3 is 19.5 Å². The normalized spacial score (nSPS) is 18.6. The van der Waals surface area contributed by atoms with Gasteiger partial charge in [-0.2, -0.15) is 0 Å². The van der Waals surface area contributed by atoms with Crippen LogP contribution in [-0.2, 0) is 14.3 Å². The summed E-state index contributed by atoms with van der Waals surface area (Å²) in [6, 6.07) is 7.81. The zero-order valence-electron chi connectivity index (χ0n) is 16.6. The highest BCUT2D eigenvalue weighted by molar-refractivity contribution is 5.81. The Morgan fingerprint density at radius 2 is 2.11 bits per heavy atom. The van der Waals surface area contributed by atoms with Crippen LogP contribution >= 0.6 is 0 Å². The fourth-order valence-electron chi connectivity index (χ4n) is 3.13. The fraction of sp³-hybridized carbons (Fsp3) is 0.600. The number of amides is 1. The molecular weight excluding hydrogens is 348 g/mol. The van der Waals surface area contributed by atoms with Crippen molar-refractivity contribution in [2.24, 2.45) is 0 Å². The fourth-order valence-corrected chi connectivity index (χ4v) is 3.13. The van der Waals surface area contributed by atoms with Crippen LogP contribution in [0, 0.1) is 0 Å². The van der Waals surface area contributed by atoms with Gasteiger partial charge in [0.25, 0.3) is 5.91 Å². The van der Waals surface area contributed by atoms with Gasteiger partial charge in [-0.3, -0.25) is 14.5 Å². The molecule has 1 heterocycles. The number of nitrogens with zero attached hydrogens (tertiary/aromatic N) is 2. The topological polar surface area (TPSA) is 79.3 Å². The maximum Gasteiger partial charge on any atom is 0.317 e. The van der Waals surface area contributed by atoms with Gasteiger partial charge in [-0.1, -0.05) is 26.0 Å². The lowest BCUT2D eigenvalue weighted by atomic mass is 10.0. The Morgan fingerprint density at radius 3 is 2.78 bits per heavy atom. The lowest BCUT2D eigenvalue weighted by Crippen LogP contribution is -2.52. The third kappa shape index (κ3) is 6.52. The van der Waals surface area contributed by atoms with Crippen molar-refractivity contribution in [3.63, 3.8) is 0 Å². The van der Waals surface area contributed by atoms with E-state index in [1.54, 1.807) is 23.8 Å². The summed E-state index contributed by atoms with van der Waals surface area (Å²) in [4.78, 5) is 27.0. The SMILES string of the molecule is CC(Oc1cccc(C(C)C)c1)C(=O)N1CCOC(CN(C)CC(=O)O)C1. The minimum absolute atomic E-state index is 0.0560. The van der Waals surface area contributed by atoms with Gasteiger partial charge >= 0.3 is 5.97 Å². The van der Waals surface area contributed by atoms with Crippen molar-refractivity contribution in [2.75, 3.05) is 39.8 Å². The van der Waals surface area contributed by atoms with E-state index in [-0.39, 0.29) is 18.6 Å². The molecule has 2 atom stereocenters. The predicted molar refractivity (Wildman–Crippen MR) is 102 cm³/mol. The number of aliphatic carboxylic acids is 1. The van der Waals surface area contributed by atoms with Crippen LogP contribution in [0.1, 0.15) is 32.3 Å². The van der Waals surface area contributed by atoms with Crippen LogP contribution in [0.2, 0.25) is 0 Å². The van der Waals surface area contributed by atoms with Crippen molar-refractivity contribution in [2.45, 2.75) is 38.9 Å². The van der Waals surface area contributed by atoms with Gasteiger partial charge in [-0.15, -0.1) is 0 Å². The van der Waals surface area contributed by atoms with Crippen LogP contribution in [0.25, 0.3) is 0 Å². The molecule has 1 aliphatic rings. The Hall–Kier alpha value is -2.12. The molecule has 0 aliphatic carbocycles. The van der Waals surface area contributed by atoms with Crippen molar-refractivity contribution in [3.05, 3.63) is 29.8 Å². The molecule has 0 aromatic heterocycles. The highest BCUT2D eigenvalue weighted by Crippen LogP contribution is 2.21. The van der Waals surface area contributed by atoms with Crippen LogP contribution in [0.5, 0.6) is 5.75 Å². The molecule has 1 fully saturated rings. The second-order valence-corrected chi connectivity index (χ2v) is 7.35. The van der Waals surface area contributed by atoms with E-state index in [9.17, 15) is 9.59 Å². The quantitative estimate of drug-likeness (QED) is 0.743. The predicted octanol–water partition coefficient (Wildman–Crippen LogP) is 1.82. The zero-order chi connectivity index (χ0) is 20.0. The van der Waals surface area contributed by atoms with Gasteiger partial charge in [0.1, 0.15) is 5.75 Å². The highest BCUT2D eigenvalue weighted by Gasteiger charge is 2.29. The Kier molecular flexibility index (Phi) is 7.62. The van der Waals surface area contributed by atoms with E-state index in [2.05, 4.69) is 13.8 Å². The first-order valence-electron chi connectivity index (χ1n) is 9.33. The third-order valence-corrected chi connectivity index (χ3v) is 4.56. The van der Waals surface area contributed by atoms with E-state index in [1.165, 1.54) is 5.56 Å². The second kappa shape index (κ2) is 9.71. The lowest BCUT2D eigenvalue weighted by Gasteiger charge is -2.35. The average molecular weight is 378 g/mol. The molecule has 0 spiro atoms. The second-order valence-electron chi connectivity index (χ2n) is 7.35. The number of likely N-dealkylation sites (N-methyl/N-ethyl adjacent to an activating group) is 1. The number of carboxylic acid groups (broad SMARTS) is 1. The summed E-state index contributed by atoms with van der Waals surface area (Å²) in [5.41, 5.74) is 1.17. The van der Waals surface area contributed by atoms with Gasteiger partial charge in [0.05, 0.1) is 19.3 Å². The van der Waals surface area contributed by atoms with Gasteiger partial charge in [0.2, 0.25) is 0 Å². The number of rotatable bonds is 8. The molecule has 1 aromatic carbocycles. The number of carbonyl (C=O) groups excluding carboxylic acids is 1. The molecule has 27 heavy (non-hydrogen) atoms. The molecule has 0 radical (unpaired) electrons. The molecule has 0 bridgehead atoms. The average Bonchev–Trinajstić information content (AvgIpc) is 2.60. The number of carbonyl (C=O) groups is 2. The molecule has 1 N–H and O–H groups in total. The molecule has 7 heteroatoms. The lowest BCUT2D eigenvalue weighted by molar-refractivity contribution is -0.147. The Bertz CT molecular complexity index is 649. The zero-order valence-corrected chi connectivity index (χ0v) is 16.6. The van der Waals surface area contributed by atoms with Crippen LogP contribution in [0.15, 0.2) is 24.3 Å². The molecule has 2 unspecified atom stereocenters. The Morgan fingerprint density at radius 1 is 1.37 bits per heavy atom. The first kappa shape index (κ1) is 21.2. The number of hydrogen-bond acceptors (Lipinski definition) is 5. The molecule has 7 nitrogen and oxygen atoms in total. The van der Waals surface area contributed by atoms with Crippen molar-refractivity contribution in [1.82, 2.24) is 9.80 Å². The van der Waals surface area contributed by atoms with Crippen LogP contribution in [0.4, 0.5) is 0 Å². The number of hydrogen-bond donors (Lipinski definition) is 1. The molecule has 150 valence electrons. The molecule has 2 rings (SSSR count). The smallest absolute Gasteiger partial charge is 0.317 e. The maximum absolute atomic E-state index is 12.8. The van der Waals surface area contributed by atoms with E-state index in [0.29, 0.717) is 37.9 Å². The number of ether oxygens (including phenoxy) is 2. The molecular formula is C20H30N2O5. The molecule has 0 saturated carbocycles. The summed E-state index contributed by atoms with van der Waals surface area (Å²) in [5.74, 6) is 0.112. The monoisotopic (exact) mass is 378 g/mol. The Balaban J connectivity index is 1.91. The Labute approximate surface area is 160 Å². The van der Waals surface area contributed by atoms with Crippen molar-refractivity contribution >= 4 is 11.9 Å². The van der Waals surface area contributed by atoms with E-state index in [0.717, 1.165) is 0 Å². The summed E-state index contributed by atoms with van der Waals surface area (Å²) in [5, 5.41) is 8.86. The van der Waals surface area contributed by atoms with Crippen LogP contribution in [-0.4, -0.2) is 78.8 Å². The van der Waals surface area contributed by atoms with E-state index >= 15 is 0 Å². The van der Waals surface area contributed by atoms with Crippen molar-refractivity contribution in [1.29, 1.82) is 0 Å². The first-order valence-corrected chi connectivity index (χ1v) is 9.33. The van der Waals surface area contributed by atoms with Gasteiger partial charge in [-0.25, -0.2) is 0 Å². The number of carboxylic acids is 1. The number of benzene rings is 1. The van der Waals surface area contributed by atoms with E-state index in [1.807, 2.05) is 24.3 Å². The minimum Gasteiger partial charge on any atom is -0.481 e. The summed E-state index contributed by atoms with van der Waals surface area (Å²) >= 11 is 0. The maximum atomic E-state index is 12.8. The molecule has 1 amide bonds.